The zero-order valence-corrected chi connectivity index (χ0v) is 11.3. The molecule has 0 saturated carbocycles. The summed E-state index contributed by atoms with van der Waals surface area (Å²) in [5.41, 5.74) is 2.13. The van der Waals surface area contributed by atoms with Crippen LogP contribution in [0, 0.1) is 11.8 Å². The second-order valence-corrected chi connectivity index (χ2v) is 5.23. The van der Waals surface area contributed by atoms with Crippen LogP contribution in [0.15, 0.2) is 18.3 Å². The molecule has 1 fully saturated rings. The van der Waals surface area contributed by atoms with Crippen molar-refractivity contribution in [3.05, 3.63) is 29.6 Å². The molecule has 0 radical (unpaired) electrons. The summed E-state index contributed by atoms with van der Waals surface area (Å²) < 4.78 is 0. The van der Waals surface area contributed by atoms with Gasteiger partial charge in [-0.2, -0.15) is 0 Å². The van der Waals surface area contributed by atoms with E-state index in [0.29, 0.717) is 18.1 Å². The minimum atomic E-state index is 0.207. The minimum Gasteiger partial charge on any atom is -0.316 e. The van der Waals surface area contributed by atoms with Gasteiger partial charge in [-0.1, -0.05) is 19.9 Å². The number of hydrogen-bond donors (Lipinski definition) is 1. The van der Waals surface area contributed by atoms with Crippen LogP contribution < -0.4 is 5.32 Å². The predicted octanol–water partition coefficient (Wildman–Crippen LogP) is 2.00. The summed E-state index contributed by atoms with van der Waals surface area (Å²) >= 11 is 0. The molecule has 1 saturated heterocycles. The maximum atomic E-state index is 12.3. The van der Waals surface area contributed by atoms with Crippen LogP contribution in [-0.2, 0) is 17.6 Å². The van der Waals surface area contributed by atoms with E-state index >= 15 is 0 Å². The highest BCUT2D eigenvalue weighted by Crippen LogP contribution is 2.21. The number of pyridine rings is 1. The average molecular weight is 246 g/mol. The van der Waals surface area contributed by atoms with E-state index in [4.69, 9.17) is 0 Å². The third-order valence-electron chi connectivity index (χ3n) is 3.85. The number of carbonyl (C=O) groups is 1. The van der Waals surface area contributed by atoms with Gasteiger partial charge in [-0.15, -0.1) is 0 Å². The molecular formula is C15H22N2O. The molecule has 1 N–H and O–H groups in total. The van der Waals surface area contributed by atoms with Gasteiger partial charge in [-0.05, 0) is 43.5 Å². The van der Waals surface area contributed by atoms with Gasteiger partial charge in [0.1, 0.15) is 5.78 Å². The lowest BCUT2D eigenvalue weighted by molar-refractivity contribution is -0.124. The summed E-state index contributed by atoms with van der Waals surface area (Å²) in [7, 11) is 0. The van der Waals surface area contributed by atoms with Crippen molar-refractivity contribution in [1.82, 2.24) is 10.3 Å². The van der Waals surface area contributed by atoms with Crippen LogP contribution >= 0.6 is 0 Å². The highest BCUT2D eigenvalue weighted by atomic mass is 16.1. The molecule has 0 amide bonds. The largest absolute Gasteiger partial charge is 0.316 e. The number of Topliss-reactive ketones (excluding diaryl/α,β-unsaturated/α-hetero) is 1. The Bertz CT molecular complexity index is 399. The number of aryl methyl sites for hydroxylation is 1. The van der Waals surface area contributed by atoms with E-state index in [2.05, 4.69) is 30.2 Å². The third kappa shape index (κ3) is 3.16. The maximum absolute atomic E-state index is 12.3. The number of piperidine rings is 1. The highest BCUT2D eigenvalue weighted by molar-refractivity contribution is 5.83. The molecule has 0 bridgehead atoms. The lowest BCUT2D eigenvalue weighted by Gasteiger charge is -2.28. The molecule has 2 heterocycles. The van der Waals surface area contributed by atoms with Crippen LogP contribution in [0.5, 0.6) is 0 Å². The normalized spacial score (nSPS) is 23.9. The van der Waals surface area contributed by atoms with Gasteiger partial charge in [-0.25, -0.2) is 0 Å². The standard InChI is InChI=1S/C15H22N2O/c1-3-12-4-5-13(17-10-12)8-15(18)14-6-7-16-9-11(14)2/h4-5,10-11,14,16H,3,6-9H2,1-2H3. The quantitative estimate of drug-likeness (QED) is 0.883. The Morgan fingerprint density at radius 3 is 2.94 bits per heavy atom. The van der Waals surface area contributed by atoms with Crippen molar-refractivity contribution < 1.29 is 4.79 Å². The van der Waals surface area contributed by atoms with E-state index in [1.165, 1.54) is 5.56 Å². The van der Waals surface area contributed by atoms with E-state index in [1.54, 1.807) is 0 Å². The molecule has 3 nitrogen and oxygen atoms in total. The fourth-order valence-electron chi connectivity index (χ4n) is 2.57. The number of rotatable bonds is 4. The lowest BCUT2D eigenvalue weighted by atomic mass is 9.83. The molecule has 3 heteroatoms. The number of aromatic nitrogens is 1. The van der Waals surface area contributed by atoms with Crippen LogP contribution in [0.2, 0.25) is 0 Å². The second-order valence-electron chi connectivity index (χ2n) is 5.23. The van der Waals surface area contributed by atoms with E-state index in [-0.39, 0.29) is 5.92 Å². The first-order valence-corrected chi connectivity index (χ1v) is 6.88. The van der Waals surface area contributed by atoms with Crippen molar-refractivity contribution in [1.29, 1.82) is 0 Å². The fourth-order valence-corrected chi connectivity index (χ4v) is 2.57. The Hall–Kier alpha value is -1.22. The first kappa shape index (κ1) is 13.2. The number of ketones is 1. The molecule has 1 aliphatic heterocycles. The molecule has 0 aliphatic carbocycles. The van der Waals surface area contributed by atoms with Crippen molar-refractivity contribution in [2.45, 2.75) is 33.1 Å². The second kappa shape index (κ2) is 6.10. The Kier molecular flexibility index (Phi) is 4.48. The summed E-state index contributed by atoms with van der Waals surface area (Å²) in [5, 5.41) is 3.33. The van der Waals surface area contributed by atoms with Gasteiger partial charge in [0.25, 0.3) is 0 Å². The van der Waals surface area contributed by atoms with Gasteiger partial charge in [0.05, 0.1) is 0 Å². The fraction of sp³-hybridized carbons (Fsp3) is 0.600. The topological polar surface area (TPSA) is 42.0 Å². The van der Waals surface area contributed by atoms with Crippen molar-refractivity contribution >= 4 is 5.78 Å². The third-order valence-corrected chi connectivity index (χ3v) is 3.85. The first-order valence-electron chi connectivity index (χ1n) is 6.88. The summed E-state index contributed by atoms with van der Waals surface area (Å²) in [6.45, 7) is 6.18. The summed E-state index contributed by atoms with van der Waals surface area (Å²) in [6, 6.07) is 4.06. The van der Waals surface area contributed by atoms with Crippen LogP contribution in [0.1, 0.15) is 31.5 Å². The number of nitrogens with zero attached hydrogens (tertiary/aromatic N) is 1. The molecule has 98 valence electrons. The van der Waals surface area contributed by atoms with Crippen molar-refractivity contribution in [3.8, 4) is 0 Å². The van der Waals surface area contributed by atoms with E-state index in [0.717, 1.165) is 31.6 Å². The molecule has 1 aromatic heterocycles. The van der Waals surface area contributed by atoms with E-state index in [9.17, 15) is 4.79 Å². The van der Waals surface area contributed by atoms with Crippen LogP contribution in [0.3, 0.4) is 0 Å². The number of hydrogen-bond acceptors (Lipinski definition) is 3. The Morgan fingerprint density at radius 2 is 2.33 bits per heavy atom. The molecule has 1 aromatic rings. The Balaban J connectivity index is 1.97. The van der Waals surface area contributed by atoms with Crippen molar-refractivity contribution in [2.75, 3.05) is 13.1 Å². The van der Waals surface area contributed by atoms with Gasteiger partial charge in [0.2, 0.25) is 0 Å². The van der Waals surface area contributed by atoms with E-state index in [1.807, 2.05) is 12.3 Å². The van der Waals surface area contributed by atoms with Gasteiger partial charge in [0, 0.05) is 24.2 Å². The Morgan fingerprint density at radius 1 is 1.50 bits per heavy atom. The molecule has 0 spiro atoms. The van der Waals surface area contributed by atoms with Crippen LogP contribution in [0.25, 0.3) is 0 Å². The van der Waals surface area contributed by atoms with Crippen LogP contribution in [0.4, 0.5) is 0 Å². The van der Waals surface area contributed by atoms with Gasteiger partial charge in [0.15, 0.2) is 0 Å². The molecular weight excluding hydrogens is 224 g/mol. The lowest BCUT2D eigenvalue weighted by Crippen LogP contribution is -2.39. The zero-order chi connectivity index (χ0) is 13.0. The molecule has 2 rings (SSSR count). The van der Waals surface area contributed by atoms with Gasteiger partial charge >= 0.3 is 0 Å². The molecule has 0 aromatic carbocycles. The van der Waals surface area contributed by atoms with Crippen molar-refractivity contribution in [3.63, 3.8) is 0 Å². The highest BCUT2D eigenvalue weighted by Gasteiger charge is 2.27. The van der Waals surface area contributed by atoms with Crippen molar-refractivity contribution in [2.24, 2.45) is 11.8 Å². The molecule has 2 unspecified atom stereocenters. The summed E-state index contributed by atoms with van der Waals surface area (Å²) in [4.78, 5) is 16.6. The molecule has 2 atom stereocenters. The van der Waals surface area contributed by atoms with Gasteiger partial charge in [-0.3, -0.25) is 9.78 Å². The maximum Gasteiger partial charge on any atom is 0.142 e. The first-order chi connectivity index (χ1) is 8.70. The summed E-state index contributed by atoms with van der Waals surface area (Å²) in [5.74, 6) is 1.00. The van der Waals surface area contributed by atoms with E-state index < -0.39 is 0 Å². The van der Waals surface area contributed by atoms with Crippen LogP contribution in [-0.4, -0.2) is 23.9 Å². The SMILES string of the molecule is CCc1ccc(CC(=O)C2CCNCC2C)nc1. The summed E-state index contributed by atoms with van der Waals surface area (Å²) in [6.07, 6.45) is 4.33. The number of carbonyl (C=O) groups excluding carboxylic acids is 1. The molecule has 18 heavy (non-hydrogen) atoms. The predicted molar refractivity (Wildman–Crippen MR) is 72.5 cm³/mol. The minimum absolute atomic E-state index is 0.207. The smallest absolute Gasteiger partial charge is 0.142 e. The zero-order valence-electron chi connectivity index (χ0n) is 11.3. The average Bonchev–Trinajstić information content (AvgIpc) is 2.40. The number of nitrogens with one attached hydrogen (secondary N) is 1. The Labute approximate surface area is 109 Å². The van der Waals surface area contributed by atoms with Gasteiger partial charge < -0.3 is 5.32 Å². The molecule has 1 aliphatic rings. The monoisotopic (exact) mass is 246 g/mol.